The summed E-state index contributed by atoms with van der Waals surface area (Å²) in [6.45, 7) is 1.49. The van der Waals surface area contributed by atoms with Crippen LogP contribution in [0.25, 0.3) is 0 Å². The summed E-state index contributed by atoms with van der Waals surface area (Å²) in [5.74, 6) is -0.396. The first-order chi connectivity index (χ1) is 12.6. The third-order valence-corrected chi connectivity index (χ3v) is 4.02. The molecule has 2 rings (SSSR count). The van der Waals surface area contributed by atoms with Crippen molar-refractivity contribution in [1.29, 1.82) is 0 Å². The average Bonchev–Trinajstić information content (AvgIpc) is 2.66. The summed E-state index contributed by atoms with van der Waals surface area (Å²) in [7, 11) is 4.00. The van der Waals surface area contributed by atoms with Gasteiger partial charge in [0.2, 0.25) is 5.91 Å². The van der Waals surface area contributed by atoms with Gasteiger partial charge in [-0.15, -0.1) is 0 Å². The van der Waals surface area contributed by atoms with Crippen LogP contribution in [0.4, 0.5) is 0 Å². The van der Waals surface area contributed by atoms with Crippen LogP contribution in [0.2, 0.25) is 0 Å². The van der Waals surface area contributed by atoms with Crippen molar-refractivity contribution in [2.45, 2.75) is 18.9 Å². The predicted molar refractivity (Wildman–Crippen MR) is 104 cm³/mol. The second-order valence-corrected chi connectivity index (χ2v) is 6.53. The van der Waals surface area contributed by atoms with Crippen molar-refractivity contribution in [3.8, 4) is 0 Å². The molecular formula is C21H27N3O2. The Bertz CT molecular complexity index is 687. The number of hydrogen-bond acceptors (Lipinski definition) is 3. The molecule has 0 aliphatic heterocycles. The van der Waals surface area contributed by atoms with Crippen LogP contribution in [0.15, 0.2) is 60.7 Å². The Hall–Kier alpha value is -2.66. The minimum atomic E-state index is -0.607. The van der Waals surface area contributed by atoms with Gasteiger partial charge in [-0.3, -0.25) is 9.59 Å². The first kappa shape index (κ1) is 19.7. The van der Waals surface area contributed by atoms with E-state index in [9.17, 15) is 9.59 Å². The standard InChI is InChI=1S/C21H27N3O2/c1-24(2)15-9-14-22-21(26)19(16-17-10-5-3-6-11-17)23-20(25)18-12-7-4-8-13-18/h3-8,10-13,19H,9,14-16H2,1-2H3,(H,22,26)(H,23,25). The molecule has 0 saturated heterocycles. The molecule has 5 heteroatoms. The summed E-state index contributed by atoms with van der Waals surface area (Å²) in [6, 6.07) is 18.1. The van der Waals surface area contributed by atoms with Gasteiger partial charge >= 0.3 is 0 Å². The lowest BCUT2D eigenvalue weighted by Crippen LogP contribution is -2.48. The maximum Gasteiger partial charge on any atom is 0.251 e. The van der Waals surface area contributed by atoms with Crippen molar-refractivity contribution in [2.24, 2.45) is 0 Å². The number of hydrogen-bond donors (Lipinski definition) is 2. The maximum atomic E-state index is 12.6. The van der Waals surface area contributed by atoms with E-state index in [0.29, 0.717) is 18.5 Å². The molecule has 0 aliphatic rings. The average molecular weight is 353 g/mol. The minimum absolute atomic E-state index is 0.156. The van der Waals surface area contributed by atoms with Gasteiger partial charge in [-0.25, -0.2) is 0 Å². The van der Waals surface area contributed by atoms with E-state index in [1.54, 1.807) is 12.1 Å². The summed E-state index contributed by atoms with van der Waals surface area (Å²) in [6.07, 6.45) is 1.32. The van der Waals surface area contributed by atoms with Gasteiger partial charge in [0, 0.05) is 18.5 Å². The van der Waals surface area contributed by atoms with Gasteiger partial charge in [0.1, 0.15) is 6.04 Å². The molecule has 26 heavy (non-hydrogen) atoms. The van der Waals surface area contributed by atoms with Crippen LogP contribution >= 0.6 is 0 Å². The number of nitrogens with zero attached hydrogens (tertiary/aromatic N) is 1. The molecule has 2 aromatic rings. The normalized spacial score (nSPS) is 11.8. The van der Waals surface area contributed by atoms with E-state index < -0.39 is 6.04 Å². The molecule has 5 nitrogen and oxygen atoms in total. The minimum Gasteiger partial charge on any atom is -0.354 e. The molecule has 0 aliphatic carbocycles. The van der Waals surface area contributed by atoms with Crippen LogP contribution in [-0.2, 0) is 11.2 Å². The van der Waals surface area contributed by atoms with Gasteiger partial charge in [0.05, 0.1) is 0 Å². The van der Waals surface area contributed by atoms with Crippen LogP contribution in [0.5, 0.6) is 0 Å². The SMILES string of the molecule is CN(C)CCCNC(=O)C(Cc1ccccc1)NC(=O)c1ccccc1. The predicted octanol–water partition coefficient (Wildman–Crippen LogP) is 2.10. The largest absolute Gasteiger partial charge is 0.354 e. The fourth-order valence-corrected chi connectivity index (χ4v) is 2.62. The zero-order valence-electron chi connectivity index (χ0n) is 15.4. The molecule has 0 bridgehead atoms. The fourth-order valence-electron chi connectivity index (χ4n) is 2.62. The Morgan fingerprint density at radius 3 is 2.19 bits per heavy atom. The van der Waals surface area contributed by atoms with Crippen molar-refractivity contribution in [2.75, 3.05) is 27.2 Å². The van der Waals surface area contributed by atoms with Gasteiger partial charge in [-0.1, -0.05) is 48.5 Å². The number of carbonyl (C=O) groups is 2. The van der Waals surface area contributed by atoms with Gasteiger partial charge in [-0.05, 0) is 44.8 Å². The van der Waals surface area contributed by atoms with Crippen LogP contribution in [0.1, 0.15) is 22.3 Å². The first-order valence-corrected chi connectivity index (χ1v) is 8.88. The van der Waals surface area contributed by atoms with Crippen molar-refractivity contribution < 1.29 is 9.59 Å². The Balaban J connectivity index is 2.01. The van der Waals surface area contributed by atoms with Gasteiger partial charge in [-0.2, -0.15) is 0 Å². The number of carbonyl (C=O) groups excluding carboxylic acids is 2. The molecule has 1 atom stereocenters. The summed E-state index contributed by atoms with van der Waals surface area (Å²) >= 11 is 0. The Morgan fingerprint density at radius 2 is 1.58 bits per heavy atom. The maximum absolute atomic E-state index is 12.6. The molecule has 0 saturated carbocycles. The molecule has 1 unspecified atom stereocenters. The van der Waals surface area contributed by atoms with E-state index in [0.717, 1.165) is 18.5 Å². The molecule has 0 fully saturated rings. The molecule has 138 valence electrons. The van der Waals surface area contributed by atoms with Crippen molar-refractivity contribution in [3.05, 3.63) is 71.8 Å². The van der Waals surface area contributed by atoms with Gasteiger partial charge in [0.25, 0.3) is 5.91 Å². The zero-order valence-corrected chi connectivity index (χ0v) is 15.4. The highest BCUT2D eigenvalue weighted by Crippen LogP contribution is 2.06. The number of benzene rings is 2. The number of amides is 2. The first-order valence-electron chi connectivity index (χ1n) is 8.88. The highest BCUT2D eigenvalue weighted by molar-refractivity contribution is 5.97. The Labute approximate surface area is 155 Å². The van der Waals surface area contributed by atoms with Crippen LogP contribution in [0, 0.1) is 0 Å². The molecule has 0 radical (unpaired) electrons. The van der Waals surface area contributed by atoms with Crippen LogP contribution in [-0.4, -0.2) is 49.9 Å². The van der Waals surface area contributed by atoms with E-state index in [1.165, 1.54) is 0 Å². The molecule has 2 amide bonds. The lowest BCUT2D eigenvalue weighted by molar-refractivity contribution is -0.122. The second-order valence-electron chi connectivity index (χ2n) is 6.53. The summed E-state index contributed by atoms with van der Waals surface area (Å²) in [4.78, 5) is 27.2. The van der Waals surface area contributed by atoms with Crippen LogP contribution < -0.4 is 10.6 Å². The third kappa shape index (κ3) is 6.69. The Kier molecular flexibility index (Phi) is 7.83. The molecule has 0 spiro atoms. The Morgan fingerprint density at radius 1 is 0.962 bits per heavy atom. The smallest absolute Gasteiger partial charge is 0.251 e. The lowest BCUT2D eigenvalue weighted by Gasteiger charge is -2.19. The molecular weight excluding hydrogens is 326 g/mol. The van der Waals surface area contributed by atoms with E-state index in [1.807, 2.05) is 62.6 Å². The lowest BCUT2D eigenvalue weighted by atomic mass is 10.0. The third-order valence-electron chi connectivity index (χ3n) is 4.02. The topological polar surface area (TPSA) is 61.4 Å². The van der Waals surface area contributed by atoms with Crippen LogP contribution in [0.3, 0.4) is 0 Å². The quantitative estimate of drug-likeness (QED) is 0.679. The highest BCUT2D eigenvalue weighted by atomic mass is 16.2. The van der Waals surface area contributed by atoms with Crippen molar-refractivity contribution in [3.63, 3.8) is 0 Å². The molecule has 2 N–H and O–H groups in total. The van der Waals surface area contributed by atoms with Crippen molar-refractivity contribution in [1.82, 2.24) is 15.5 Å². The molecule has 0 aromatic heterocycles. The van der Waals surface area contributed by atoms with E-state index in [-0.39, 0.29) is 11.8 Å². The summed E-state index contributed by atoms with van der Waals surface area (Å²) in [5, 5.41) is 5.80. The number of rotatable bonds is 9. The zero-order chi connectivity index (χ0) is 18.8. The highest BCUT2D eigenvalue weighted by Gasteiger charge is 2.21. The monoisotopic (exact) mass is 353 g/mol. The number of nitrogens with one attached hydrogen (secondary N) is 2. The van der Waals surface area contributed by atoms with E-state index in [2.05, 4.69) is 15.5 Å². The summed E-state index contributed by atoms with van der Waals surface area (Å²) in [5.41, 5.74) is 1.56. The van der Waals surface area contributed by atoms with Gasteiger partial charge < -0.3 is 15.5 Å². The molecule has 0 heterocycles. The second kappa shape index (κ2) is 10.4. The van der Waals surface area contributed by atoms with E-state index >= 15 is 0 Å². The van der Waals surface area contributed by atoms with E-state index in [4.69, 9.17) is 0 Å². The van der Waals surface area contributed by atoms with Crippen molar-refractivity contribution >= 4 is 11.8 Å². The fraction of sp³-hybridized carbons (Fsp3) is 0.333. The summed E-state index contributed by atoms with van der Waals surface area (Å²) < 4.78 is 0. The molecule has 2 aromatic carbocycles. The van der Waals surface area contributed by atoms with Gasteiger partial charge in [0.15, 0.2) is 0 Å².